The zero-order valence-electron chi connectivity index (χ0n) is 8.34. The predicted octanol–water partition coefficient (Wildman–Crippen LogP) is 3.28. The first-order valence-electron chi connectivity index (χ1n) is 4.90. The quantitative estimate of drug-likeness (QED) is 0.790. The van der Waals surface area contributed by atoms with E-state index in [0.717, 1.165) is 25.9 Å². The van der Waals surface area contributed by atoms with Gasteiger partial charge in [-0.2, -0.15) is 0 Å². The van der Waals surface area contributed by atoms with Gasteiger partial charge in [-0.25, -0.2) is 4.98 Å². The number of hydrogen-bond donors (Lipinski definition) is 0. The van der Waals surface area contributed by atoms with Crippen LogP contribution < -0.4 is 0 Å². The Labute approximate surface area is 108 Å². The second-order valence-electron chi connectivity index (χ2n) is 3.58. The van der Waals surface area contributed by atoms with Crippen LogP contribution in [0.3, 0.4) is 0 Å². The molecular weight excluding hydrogens is 270 g/mol. The Morgan fingerprint density at radius 1 is 1.19 bits per heavy atom. The fourth-order valence-electron chi connectivity index (χ4n) is 1.66. The van der Waals surface area contributed by atoms with Gasteiger partial charge in [0.15, 0.2) is 0 Å². The van der Waals surface area contributed by atoms with E-state index < -0.39 is 0 Å². The highest BCUT2D eigenvalue weighted by Crippen LogP contribution is 2.31. The summed E-state index contributed by atoms with van der Waals surface area (Å²) in [4.78, 5) is 17.7. The first kappa shape index (κ1) is 12.0. The molecule has 2 rings (SSSR count). The number of carbonyl (C=O) groups excluding carboxylic acids is 1. The molecule has 3 nitrogen and oxygen atoms in total. The van der Waals surface area contributed by atoms with E-state index in [1.54, 1.807) is 4.90 Å². The summed E-state index contributed by atoms with van der Waals surface area (Å²) in [6.07, 6.45) is 3.38. The van der Waals surface area contributed by atoms with Crippen LogP contribution in [0.15, 0.2) is 6.20 Å². The van der Waals surface area contributed by atoms with Crippen molar-refractivity contribution in [2.75, 3.05) is 13.1 Å². The van der Waals surface area contributed by atoms with Crippen molar-refractivity contribution in [3.05, 3.63) is 27.0 Å². The molecule has 1 aliphatic rings. The normalized spacial score (nSPS) is 15.6. The Hall–Kier alpha value is -0.510. The lowest BCUT2D eigenvalue weighted by Crippen LogP contribution is -2.28. The lowest BCUT2D eigenvalue weighted by atomic mass is 10.3. The molecule has 0 aromatic carbocycles. The van der Waals surface area contributed by atoms with E-state index >= 15 is 0 Å². The molecule has 0 radical (unpaired) electrons. The van der Waals surface area contributed by atoms with Crippen molar-refractivity contribution >= 4 is 40.7 Å². The highest BCUT2D eigenvalue weighted by molar-refractivity contribution is 6.48. The second kappa shape index (κ2) is 4.78. The Morgan fingerprint density at radius 2 is 1.81 bits per heavy atom. The van der Waals surface area contributed by atoms with Crippen LogP contribution in [0.1, 0.15) is 23.3 Å². The fraction of sp³-hybridized carbons (Fsp3) is 0.400. The Bertz CT molecular complexity index is 430. The van der Waals surface area contributed by atoms with Crippen LogP contribution in [-0.2, 0) is 0 Å². The molecule has 1 fully saturated rings. The lowest BCUT2D eigenvalue weighted by Gasteiger charge is -2.15. The van der Waals surface area contributed by atoms with E-state index in [9.17, 15) is 4.79 Å². The van der Waals surface area contributed by atoms with Gasteiger partial charge in [0, 0.05) is 19.3 Å². The minimum Gasteiger partial charge on any atom is -0.337 e. The largest absolute Gasteiger partial charge is 0.337 e. The molecule has 0 saturated carbocycles. The third kappa shape index (κ3) is 2.12. The average Bonchev–Trinajstić information content (AvgIpc) is 2.79. The molecule has 1 aromatic heterocycles. The zero-order valence-corrected chi connectivity index (χ0v) is 10.6. The monoisotopic (exact) mass is 278 g/mol. The van der Waals surface area contributed by atoms with Crippen LogP contribution in [0.4, 0.5) is 0 Å². The van der Waals surface area contributed by atoms with Crippen LogP contribution in [-0.4, -0.2) is 28.9 Å². The number of pyridine rings is 1. The molecule has 1 aromatic rings. The van der Waals surface area contributed by atoms with Crippen LogP contribution in [0, 0.1) is 0 Å². The molecule has 1 aliphatic heterocycles. The van der Waals surface area contributed by atoms with Gasteiger partial charge >= 0.3 is 0 Å². The molecule has 0 aliphatic carbocycles. The van der Waals surface area contributed by atoms with E-state index in [1.807, 2.05) is 0 Å². The van der Waals surface area contributed by atoms with Gasteiger partial charge < -0.3 is 4.90 Å². The van der Waals surface area contributed by atoms with Crippen molar-refractivity contribution in [2.24, 2.45) is 0 Å². The number of amides is 1. The van der Waals surface area contributed by atoms with E-state index in [0.29, 0.717) is 0 Å². The van der Waals surface area contributed by atoms with E-state index in [1.165, 1.54) is 6.20 Å². The number of nitrogens with zero attached hydrogens (tertiary/aromatic N) is 2. The molecule has 16 heavy (non-hydrogen) atoms. The van der Waals surface area contributed by atoms with Gasteiger partial charge in [0.25, 0.3) is 5.91 Å². The third-order valence-corrected chi connectivity index (χ3v) is 3.75. The first-order valence-corrected chi connectivity index (χ1v) is 6.03. The van der Waals surface area contributed by atoms with Crippen LogP contribution >= 0.6 is 34.8 Å². The number of halogens is 3. The number of hydrogen-bond acceptors (Lipinski definition) is 2. The molecule has 0 bridgehead atoms. The van der Waals surface area contributed by atoms with Gasteiger partial charge in [0.05, 0.1) is 15.1 Å². The summed E-state index contributed by atoms with van der Waals surface area (Å²) in [7, 11) is 0. The van der Waals surface area contributed by atoms with Crippen LogP contribution in [0.2, 0.25) is 15.1 Å². The smallest absolute Gasteiger partial charge is 0.274 e. The molecular formula is C10H9Cl3N2O. The molecule has 1 amide bonds. The van der Waals surface area contributed by atoms with Crippen LogP contribution in [0.25, 0.3) is 0 Å². The molecule has 0 spiro atoms. The average molecular weight is 280 g/mol. The number of rotatable bonds is 1. The number of likely N-dealkylation sites (tertiary alicyclic amines) is 1. The van der Waals surface area contributed by atoms with E-state index in [-0.39, 0.29) is 26.7 Å². The molecule has 0 atom stereocenters. The summed E-state index contributed by atoms with van der Waals surface area (Å²) in [6, 6.07) is 0. The Kier molecular flexibility index (Phi) is 3.57. The molecule has 1 saturated heterocycles. The summed E-state index contributed by atoms with van der Waals surface area (Å²) < 4.78 is 0. The predicted molar refractivity (Wildman–Crippen MR) is 64.4 cm³/mol. The van der Waals surface area contributed by atoms with E-state index in [2.05, 4.69) is 4.98 Å². The standard InChI is InChI=1S/C10H9Cl3N2O/c11-6-5-14-9(8(13)7(6)12)10(16)15-3-1-2-4-15/h5H,1-4H2. The van der Waals surface area contributed by atoms with Crippen molar-refractivity contribution in [3.8, 4) is 0 Å². The number of aromatic nitrogens is 1. The number of carbonyl (C=O) groups is 1. The summed E-state index contributed by atoms with van der Waals surface area (Å²) >= 11 is 17.6. The van der Waals surface area contributed by atoms with Crippen LogP contribution in [0.5, 0.6) is 0 Å². The molecule has 6 heteroatoms. The highest BCUT2D eigenvalue weighted by Gasteiger charge is 2.24. The van der Waals surface area contributed by atoms with Gasteiger partial charge in [-0.1, -0.05) is 34.8 Å². The zero-order chi connectivity index (χ0) is 11.7. The third-order valence-electron chi connectivity index (χ3n) is 2.51. The van der Waals surface area contributed by atoms with Crippen molar-refractivity contribution < 1.29 is 4.79 Å². The highest BCUT2D eigenvalue weighted by atomic mass is 35.5. The maximum absolute atomic E-state index is 12.0. The molecule has 86 valence electrons. The van der Waals surface area contributed by atoms with Crippen molar-refractivity contribution in [3.63, 3.8) is 0 Å². The van der Waals surface area contributed by atoms with Gasteiger partial charge in [-0.15, -0.1) is 0 Å². The van der Waals surface area contributed by atoms with Crippen molar-refractivity contribution in [2.45, 2.75) is 12.8 Å². The minimum absolute atomic E-state index is 0.131. The fourth-order valence-corrected chi connectivity index (χ4v) is 2.22. The van der Waals surface area contributed by atoms with Gasteiger partial charge in [0.2, 0.25) is 0 Å². The maximum atomic E-state index is 12.0. The van der Waals surface area contributed by atoms with Gasteiger partial charge in [-0.3, -0.25) is 4.79 Å². The molecule has 0 unspecified atom stereocenters. The Balaban J connectivity index is 2.33. The minimum atomic E-state index is -0.180. The van der Waals surface area contributed by atoms with Crippen molar-refractivity contribution in [1.29, 1.82) is 0 Å². The molecule has 2 heterocycles. The van der Waals surface area contributed by atoms with Gasteiger partial charge in [-0.05, 0) is 12.8 Å². The maximum Gasteiger partial charge on any atom is 0.274 e. The second-order valence-corrected chi connectivity index (χ2v) is 4.75. The van der Waals surface area contributed by atoms with E-state index in [4.69, 9.17) is 34.8 Å². The van der Waals surface area contributed by atoms with Crippen molar-refractivity contribution in [1.82, 2.24) is 9.88 Å². The lowest BCUT2D eigenvalue weighted by molar-refractivity contribution is 0.0787. The SMILES string of the molecule is O=C(c1ncc(Cl)c(Cl)c1Cl)N1CCCC1. The topological polar surface area (TPSA) is 33.2 Å². The summed E-state index contributed by atoms with van der Waals surface area (Å²) in [6.45, 7) is 1.49. The summed E-state index contributed by atoms with van der Waals surface area (Å²) in [5.41, 5.74) is 0.179. The summed E-state index contributed by atoms with van der Waals surface area (Å²) in [5.74, 6) is -0.180. The first-order chi connectivity index (χ1) is 7.61. The molecule has 0 N–H and O–H groups in total. The summed E-state index contributed by atoms with van der Waals surface area (Å²) in [5, 5.41) is 0.566. The van der Waals surface area contributed by atoms with Gasteiger partial charge in [0.1, 0.15) is 5.69 Å². The Morgan fingerprint density at radius 3 is 2.44 bits per heavy atom.